The highest BCUT2D eigenvalue weighted by Gasteiger charge is 2.46. The minimum atomic E-state index is -3.78. The molecule has 2 aliphatic carbocycles. The smallest absolute Gasteiger partial charge is 0.282 e. The van der Waals surface area contributed by atoms with E-state index in [-0.39, 0.29) is 16.1 Å². The predicted octanol–water partition coefficient (Wildman–Crippen LogP) is 5.23. The summed E-state index contributed by atoms with van der Waals surface area (Å²) in [7, 11) is -3.78. The second-order valence-corrected chi connectivity index (χ2v) is 10.7. The molecule has 5 nitrogen and oxygen atoms in total. The van der Waals surface area contributed by atoms with Crippen LogP contribution in [0.5, 0.6) is 0 Å². The topological polar surface area (TPSA) is 69.0 Å². The first-order valence-electron chi connectivity index (χ1n) is 11.0. The van der Waals surface area contributed by atoms with Gasteiger partial charge in [-0.05, 0) is 67.5 Å². The van der Waals surface area contributed by atoms with Gasteiger partial charge in [-0.1, -0.05) is 36.8 Å². The van der Waals surface area contributed by atoms with Crippen LogP contribution in [0.1, 0.15) is 49.3 Å². The quantitative estimate of drug-likeness (QED) is 0.504. The molecule has 0 saturated carbocycles. The van der Waals surface area contributed by atoms with Gasteiger partial charge < -0.3 is 0 Å². The van der Waals surface area contributed by atoms with Gasteiger partial charge in [-0.3, -0.25) is 4.79 Å². The molecule has 0 fully saturated rings. The zero-order valence-electron chi connectivity index (χ0n) is 18.4. The van der Waals surface area contributed by atoms with Crippen molar-refractivity contribution in [3.8, 4) is 0 Å². The number of aromatic nitrogens is 2. The second kappa shape index (κ2) is 7.27. The summed E-state index contributed by atoms with van der Waals surface area (Å²) in [5.74, 6) is 0.203. The van der Waals surface area contributed by atoms with E-state index in [0.717, 1.165) is 56.6 Å². The number of rotatable bonds is 5. The van der Waals surface area contributed by atoms with Crippen LogP contribution in [-0.2, 0) is 21.2 Å². The third-order valence-corrected chi connectivity index (χ3v) is 8.70. The Morgan fingerprint density at radius 2 is 1.94 bits per heavy atom. The van der Waals surface area contributed by atoms with Crippen LogP contribution in [-0.4, -0.2) is 23.4 Å². The van der Waals surface area contributed by atoms with Crippen molar-refractivity contribution >= 4 is 32.3 Å². The molecule has 0 radical (unpaired) electrons. The zero-order valence-corrected chi connectivity index (χ0v) is 19.2. The van der Waals surface area contributed by atoms with E-state index in [2.05, 4.69) is 18.6 Å². The van der Waals surface area contributed by atoms with E-state index in [0.29, 0.717) is 18.4 Å². The largest absolute Gasteiger partial charge is 0.295 e. The number of Topliss-reactive ketones (excluding diaryl/α,β-unsaturated/α-hetero) is 1. The monoisotopic (exact) mass is 446 g/mol. The van der Waals surface area contributed by atoms with E-state index in [4.69, 9.17) is 0 Å². The number of ketones is 1. The predicted molar refractivity (Wildman–Crippen MR) is 126 cm³/mol. The number of allylic oxidation sites excluding steroid dienone is 3. The van der Waals surface area contributed by atoms with Gasteiger partial charge in [-0.15, -0.1) is 6.58 Å². The summed E-state index contributed by atoms with van der Waals surface area (Å²) in [4.78, 5) is 13.0. The van der Waals surface area contributed by atoms with Gasteiger partial charge in [0.2, 0.25) is 0 Å². The molecule has 1 unspecified atom stereocenters. The van der Waals surface area contributed by atoms with Crippen LogP contribution in [0.2, 0.25) is 0 Å². The van der Waals surface area contributed by atoms with Gasteiger partial charge in [0.25, 0.3) is 10.0 Å². The Bertz CT molecular complexity index is 1410. The fourth-order valence-corrected chi connectivity index (χ4v) is 6.52. The van der Waals surface area contributed by atoms with Crippen molar-refractivity contribution < 1.29 is 13.2 Å². The van der Waals surface area contributed by atoms with E-state index >= 15 is 0 Å². The number of carbonyl (C=O) groups is 1. The van der Waals surface area contributed by atoms with Crippen molar-refractivity contribution in [1.82, 2.24) is 9.19 Å². The van der Waals surface area contributed by atoms with Crippen molar-refractivity contribution in [2.24, 2.45) is 5.41 Å². The molecule has 164 valence electrons. The van der Waals surface area contributed by atoms with E-state index in [9.17, 15) is 13.2 Å². The molecule has 0 amide bonds. The molecule has 2 aliphatic rings. The minimum absolute atomic E-state index is 0.0825. The van der Waals surface area contributed by atoms with Crippen molar-refractivity contribution in [2.75, 3.05) is 0 Å². The van der Waals surface area contributed by atoms with Crippen LogP contribution in [0.4, 0.5) is 0 Å². The molecular weight excluding hydrogens is 420 g/mol. The molecule has 2 aromatic carbocycles. The van der Waals surface area contributed by atoms with Crippen molar-refractivity contribution in [1.29, 1.82) is 0 Å². The maximum Gasteiger partial charge on any atom is 0.282 e. The summed E-state index contributed by atoms with van der Waals surface area (Å²) in [6, 6.07) is 10.7. The van der Waals surface area contributed by atoms with E-state index in [1.54, 1.807) is 36.5 Å². The normalized spacial score (nSPS) is 20.5. The molecule has 0 aliphatic heterocycles. The summed E-state index contributed by atoms with van der Waals surface area (Å²) in [5.41, 5.74) is 5.74. The Hall–Kier alpha value is -2.99. The maximum atomic E-state index is 13.2. The van der Waals surface area contributed by atoms with E-state index < -0.39 is 10.0 Å². The van der Waals surface area contributed by atoms with Gasteiger partial charge in [0.05, 0.1) is 16.6 Å². The van der Waals surface area contributed by atoms with E-state index in [1.807, 2.05) is 19.1 Å². The third kappa shape index (κ3) is 2.93. The molecule has 1 aromatic heterocycles. The fourth-order valence-electron chi connectivity index (χ4n) is 5.39. The molecule has 32 heavy (non-hydrogen) atoms. The Kier molecular flexibility index (Phi) is 4.75. The van der Waals surface area contributed by atoms with Crippen molar-refractivity contribution in [2.45, 2.75) is 50.8 Å². The Morgan fingerprint density at radius 1 is 1.19 bits per heavy atom. The van der Waals surface area contributed by atoms with Gasteiger partial charge in [0.15, 0.2) is 5.78 Å². The molecule has 0 spiro atoms. The van der Waals surface area contributed by atoms with Crippen LogP contribution in [0.3, 0.4) is 0 Å². The van der Waals surface area contributed by atoms with Gasteiger partial charge in [-0.25, -0.2) is 0 Å². The van der Waals surface area contributed by atoms with Crippen LogP contribution < -0.4 is 0 Å². The second-order valence-electron chi connectivity index (χ2n) is 8.92. The average Bonchev–Trinajstić information content (AvgIpc) is 3.36. The number of hydrogen-bond acceptors (Lipinski definition) is 4. The number of fused-ring (bicyclic) bond motifs is 5. The summed E-state index contributed by atoms with van der Waals surface area (Å²) < 4.78 is 27.5. The fraction of sp³-hybridized carbons (Fsp3) is 0.308. The number of hydrogen-bond donors (Lipinski definition) is 0. The van der Waals surface area contributed by atoms with Crippen LogP contribution in [0, 0.1) is 12.3 Å². The summed E-state index contributed by atoms with van der Waals surface area (Å²) >= 11 is 0. The minimum Gasteiger partial charge on any atom is -0.295 e. The summed E-state index contributed by atoms with van der Waals surface area (Å²) in [5, 5.41) is 5.27. The van der Waals surface area contributed by atoms with Gasteiger partial charge in [-0.2, -0.15) is 17.6 Å². The van der Waals surface area contributed by atoms with Crippen LogP contribution >= 0.6 is 0 Å². The number of benzene rings is 2. The van der Waals surface area contributed by atoms with Crippen molar-refractivity contribution in [3.63, 3.8) is 0 Å². The van der Waals surface area contributed by atoms with Gasteiger partial charge >= 0.3 is 0 Å². The number of aryl methyl sites for hydroxylation is 1. The zero-order chi connectivity index (χ0) is 22.7. The molecule has 3 aromatic rings. The Morgan fingerprint density at radius 3 is 2.62 bits per heavy atom. The Balaban J connectivity index is 1.71. The highest BCUT2D eigenvalue weighted by atomic mass is 32.2. The molecule has 1 heterocycles. The Labute approximate surface area is 188 Å². The molecular formula is C26H26N2O3S. The molecule has 0 N–H and O–H groups in total. The number of carbonyl (C=O) groups excluding carboxylic acids is 1. The molecule has 0 bridgehead atoms. The lowest BCUT2D eigenvalue weighted by Gasteiger charge is -2.35. The van der Waals surface area contributed by atoms with Gasteiger partial charge in [0, 0.05) is 22.8 Å². The van der Waals surface area contributed by atoms with E-state index in [1.165, 1.54) is 0 Å². The highest BCUT2D eigenvalue weighted by Crippen LogP contribution is 2.57. The first kappa shape index (κ1) is 20.9. The highest BCUT2D eigenvalue weighted by molar-refractivity contribution is 7.89. The number of nitrogens with zero attached hydrogens (tertiary/aromatic N) is 2. The maximum absolute atomic E-state index is 13.2. The molecule has 6 heteroatoms. The lowest BCUT2D eigenvalue weighted by molar-refractivity contribution is -0.116. The van der Waals surface area contributed by atoms with Crippen LogP contribution in [0.15, 0.2) is 65.7 Å². The summed E-state index contributed by atoms with van der Waals surface area (Å²) in [6.07, 6.45) is 7.11. The third-order valence-electron chi connectivity index (χ3n) is 7.15. The lowest BCUT2D eigenvalue weighted by atomic mass is 9.68. The lowest BCUT2D eigenvalue weighted by Crippen LogP contribution is -2.28. The average molecular weight is 447 g/mol. The summed E-state index contributed by atoms with van der Waals surface area (Å²) in [6.45, 7) is 7.95. The van der Waals surface area contributed by atoms with Crippen molar-refractivity contribution in [3.05, 3.63) is 77.5 Å². The van der Waals surface area contributed by atoms with Crippen LogP contribution in [0.25, 0.3) is 16.5 Å². The first-order valence-corrected chi connectivity index (χ1v) is 12.5. The van der Waals surface area contributed by atoms with Gasteiger partial charge in [0.1, 0.15) is 0 Å². The standard InChI is InChI=1S/C26H26N2O3S/c1-4-6-20-24(29)13-14-26(5-2)15-21-19(25(20)26)11-12-23-22(21)16-28(27-23)32(30,31)18-9-7-17(3)8-10-18/h4,7-12,16H,1,5-6,13-15H2,2-3H3. The molecule has 0 saturated heterocycles. The molecule has 1 atom stereocenters. The SMILES string of the molecule is C=CCC1=C2c3ccc4nn(S(=O)(=O)c5ccc(C)cc5)cc4c3CC2(CC)CCC1=O. The molecule has 5 rings (SSSR count). The first-order chi connectivity index (χ1) is 15.3.